The summed E-state index contributed by atoms with van der Waals surface area (Å²) in [6.45, 7) is 3.96. The number of benzene rings is 1. The molecule has 1 aromatic heterocycles. The number of rotatable bonds is 8. The van der Waals surface area contributed by atoms with E-state index in [1.807, 2.05) is 31.2 Å². The molecular weight excluding hydrogens is 384 g/mol. The Labute approximate surface area is 176 Å². The average Bonchev–Trinajstić information content (AvgIpc) is 3.30. The molecule has 0 unspecified atom stereocenters. The fourth-order valence-electron chi connectivity index (χ4n) is 3.43. The minimum absolute atomic E-state index is 0.00993. The lowest BCUT2D eigenvalue weighted by atomic mass is 9.96. The van der Waals surface area contributed by atoms with Crippen molar-refractivity contribution in [3.05, 3.63) is 54.0 Å². The van der Waals surface area contributed by atoms with Gasteiger partial charge < -0.3 is 24.1 Å². The third-order valence-corrected chi connectivity index (χ3v) is 5.10. The highest BCUT2D eigenvalue weighted by molar-refractivity contribution is 5.92. The number of nitrogens with one attached hydrogen (secondary N) is 1. The highest BCUT2D eigenvalue weighted by Gasteiger charge is 2.26. The van der Waals surface area contributed by atoms with Crippen LogP contribution in [-0.2, 0) is 16.1 Å². The number of hydrogen-bond donors (Lipinski definition) is 1. The lowest BCUT2D eigenvalue weighted by Gasteiger charge is -2.30. The zero-order valence-electron chi connectivity index (χ0n) is 17.4. The van der Waals surface area contributed by atoms with Gasteiger partial charge in [-0.1, -0.05) is 6.07 Å². The zero-order valence-corrected chi connectivity index (χ0v) is 17.4. The van der Waals surface area contributed by atoms with Gasteiger partial charge in [0.1, 0.15) is 5.76 Å². The van der Waals surface area contributed by atoms with Gasteiger partial charge in [0.2, 0.25) is 11.8 Å². The number of hydrogen-bond acceptors (Lipinski definition) is 5. The van der Waals surface area contributed by atoms with Crippen molar-refractivity contribution in [2.45, 2.75) is 26.3 Å². The summed E-state index contributed by atoms with van der Waals surface area (Å²) in [5.41, 5.74) is 0.861. The van der Waals surface area contributed by atoms with E-state index in [4.69, 9.17) is 13.9 Å². The second kappa shape index (κ2) is 10.5. The Balaban J connectivity index is 1.49. The SMILES string of the molecule is CCOc1cc(/C=C/C(=O)N2CCC(C(=O)NCc3ccco3)CC2)ccc1OC. The summed E-state index contributed by atoms with van der Waals surface area (Å²) in [5, 5.41) is 2.90. The first-order valence-corrected chi connectivity index (χ1v) is 10.2. The van der Waals surface area contributed by atoms with E-state index in [9.17, 15) is 9.59 Å². The molecule has 2 amide bonds. The summed E-state index contributed by atoms with van der Waals surface area (Å²) < 4.78 is 16.1. The van der Waals surface area contributed by atoms with Crippen LogP contribution < -0.4 is 14.8 Å². The van der Waals surface area contributed by atoms with E-state index >= 15 is 0 Å². The molecule has 7 heteroatoms. The molecule has 0 saturated carbocycles. The van der Waals surface area contributed by atoms with E-state index in [2.05, 4.69) is 5.32 Å². The van der Waals surface area contributed by atoms with Crippen LogP contribution in [0.15, 0.2) is 47.1 Å². The Morgan fingerprint density at radius 3 is 2.70 bits per heavy atom. The minimum Gasteiger partial charge on any atom is -0.493 e. The summed E-state index contributed by atoms with van der Waals surface area (Å²) in [6.07, 6.45) is 6.23. The van der Waals surface area contributed by atoms with E-state index in [-0.39, 0.29) is 17.7 Å². The predicted molar refractivity (Wildman–Crippen MR) is 113 cm³/mol. The topological polar surface area (TPSA) is 81.0 Å². The minimum atomic E-state index is -0.0802. The van der Waals surface area contributed by atoms with Gasteiger partial charge in [-0.25, -0.2) is 0 Å². The van der Waals surface area contributed by atoms with Gasteiger partial charge in [-0.15, -0.1) is 0 Å². The second-order valence-electron chi connectivity index (χ2n) is 7.07. The van der Waals surface area contributed by atoms with Crippen molar-refractivity contribution in [1.82, 2.24) is 10.2 Å². The van der Waals surface area contributed by atoms with Crippen LogP contribution in [0.5, 0.6) is 11.5 Å². The standard InChI is InChI=1S/C23H28N2O5/c1-3-29-21-15-17(6-8-20(21)28-2)7-9-22(26)25-12-10-18(11-13-25)23(27)24-16-19-5-4-14-30-19/h4-9,14-15,18H,3,10-13,16H2,1-2H3,(H,24,27)/b9-7+. The lowest BCUT2D eigenvalue weighted by molar-refractivity contribution is -0.132. The molecule has 0 radical (unpaired) electrons. The molecule has 1 N–H and O–H groups in total. The molecule has 2 aromatic rings. The highest BCUT2D eigenvalue weighted by Crippen LogP contribution is 2.28. The number of carbonyl (C=O) groups is 2. The van der Waals surface area contributed by atoms with Crippen molar-refractivity contribution in [2.24, 2.45) is 5.92 Å². The molecule has 0 atom stereocenters. The smallest absolute Gasteiger partial charge is 0.246 e. The first-order chi connectivity index (χ1) is 14.6. The van der Waals surface area contributed by atoms with Gasteiger partial charge in [-0.2, -0.15) is 0 Å². The Kier molecular flexibility index (Phi) is 7.54. The summed E-state index contributed by atoms with van der Waals surface area (Å²) >= 11 is 0. The molecule has 7 nitrogen and oxygen atoms in total. The highest BCUT2D eigenvalue weighted by atomic mass is 16.5. The van der Waals surface area contributed by atoms with Gasteiger partial charge in [0.05, 0.1) is 26.5 Å². The normalized spacial score (nSPS) is 14.7. The summed E-state index contributed by atoms with van der Waals surface area (Å²) in [5.74, 6) is 1.91. The number of furan rings is 1. The Morgan fingerprint density at radius 1 is 1.23 bits per heavy atom. The molecule has 0 bridgehead atoms. The fourth-order valence-corrected chi connectivity index (χ4v) is 3.43. The van der Waals surface area contributed by atoms with Crippen LogP contribution in [0.25, 0.3) is 6.08 Å². The molecule has 1 fully saturated rings. The number of likely N-dealkylation sites (tertiary alicyclic amines) is 1. The molecule has 3 rings (SSSR count). The molecule has 2 heterocycles. The van der Waals surface area contributed by atoms with E-state index in [0.29, 0.717) is 50.6 Å². The Hall–Kier alpha value is -3.22. The summed E-state index contributed by atoms with van der Waals surface area (Å²) in [6, 6.07) is 9.17. The number of methoxy groups -OCH3 is 1. The molecule has 1 aromatic carbocycles. The van der Waals surface area contributed by atoms with Crippen molar-refractivity contribution in [3.63, 3.8) is 0 Å². The van der Waals surface area contributed by atoms with Crippen LogP contribution in [-0.4, -0.2) is 43.5 Å². The van der Waals surface area contributed by atoms with E-state index in [0.717, 1.165) is 11.3 Å². The largest absolute Gasteiger partial charge is 0.493 e. The maximum atomic E-state index is 12.5. The molecule has 1 aliphatic heterocycles. The van der Waals surface area contributed by atoms with Gasteiger partial charge in [0.25, 0.3) is 0 Å². The van der Waals surface area contributed by atoms with Gasteiger partial charge in [0.15, 0.2) is 11.5 Å². The van der Waals surface area contributed by atoms with Crippen LogP contribution >= 0.6 is 0 Å². The van der Waals surface area contributed by atoms with E-state index in [1.165, 1.54) is 0 Å². The predicted octanol–water partition coefficient (Wildman–Crippen LogP) is 3.26. The zero-order chi connectivity index (χ0) is 21.3. The van der Waals surface area contributed by atoms with Gasteiger partial charge >= 0.3 is 0 Å². The number of carbonyl (C=O) groups excluding carboxylic acids is 2. The Morgan fingerprint density at radius 2 is 2.03 bits per heavy atom. The van der Waals surface area contributed by atoms with Crippen molar-refractivity contribution >= 4 is 17.9 Å². The van der Waals surface area contributed by atoms with Crippen molar-refractivity contribution in [1.29, 1.82) is 0 Å². The maximum Gasteiger partial charge on any atom is 0.246 e. The van der Waals surface area contributed by atoms with Crippen LogP contribution in [0.1, 0.15) is 31.1 Å². The van der Waals surface area contributed by atoms with Crippen LogP contribution in [0.3, 0.4) is 0 Å². The van der Waals surface area contributed by atoms with Crippen LogP contribution in [0.4, 0.5) is 0 Å². The molecule has 1 aliphatic rings. The first kappa shape index (κ1) is 21.5. The second-order valence-corrected chi connectivity index (χ2v) is 7.07. The van der Waals surface area contributed by atoms with Crippen LogP contribution in [0, 0.1) is 5.92 Å². The molecule has 0 spiro atoms. The third-order valence-electron chi connectivity index (χ3n) is 5.10. The monoisotopic (exact) mass is 412 g/mol. The fraction of sp³-hybridized carbons (Fsp3) is 0.391. The average molecular weight is 412 g/mol. The first-order valence-electron chi connectivity index (χ1n) is 10.2. The number of ether oxygens (including phenoxy) is 2. The van der Waals surface area contributed by atoms with Gasteiger partial charge in [-0.05, 0) is 55.7 Å². The summed E-state index contributed by atoms with van der Waals surface area (Å²) in [7, 11) is 1.60. The third kappa shape index (κ3) is 5.65. The van der Waals surface area contributed by atoms with Gasteiger partial charge in [0, 0.05) is 25.1 Å². The lowest BCUT2D eigenvalue weighted by Crippen LogP contribution is -2.42. The quantitative estimate of drug-likeness (QED) is 0.673. The van der Waals surface area contributed by atoms with Crippen molar-refractivity contribution in [2.75, 3.05) is 26.8 Å². The molecule has 1 saturated heterocycles. The molecular formula is C23H28N2O5. The number of nitrogens with zero attached hydrogens (tertiary/aromatic N) is 1. The maximum absolute atomic E-state index is 12.5. The van der Waals surface area contributed by atoms with Gasteiger partial charge in [-0.3, -0.25) is 9.59 Å². The van der Waals surface area contributed by atoms with Crippen molar-refractivity contribution in [3.8, 4) is 11.5 Å². The molecule has 30 heavy (non-hydrogen) atoms. The summed E-state index contributed by atoms with van der Waals surface area (Å²) in [4.78, 5) is 26.6. The number of amides is 2. The van der Waals surface area contributed by atoms with E-state index in [1.54, 1.807) is 36.5 Å². The van der Waals surface area contributed by atoms with E-state index < -0.39 is 0 Å². The molecule has 0 aliphatic carbocycles. The molecule has 160 valence electrons. The Bertz CT molecular complexity index is 868. The number of piperidine rings is 1. The van der Waals surface area contributed by atoms with Crippen molar-refractivity contribution < 1.29 is 23.5 Å². The van der Waals surface area contributed by atoms with Crippen LogP contribution in [0.2, 0.25) is 0 Å².